The van der Waals surface area contributed by atoms with E-state index in [-0.39, 0.29) is 37.5 Å². The van der Waals surface area contributed by atoms with Crippen LogP contribution in [0.4, 0.5) is 0 Å². The molecule has 6 nitrogen and oxygen atoms in total. The van der Waals surface area contributed by atoms with Gasteiger partial charge >= 0.3 is 17.9 Å². The molecule has 0 aromatic heterocycles. The lowest BCUT2D eigenvalue weighted by molar-refractivity contribution is -0.166. The quantitative estimate of drug-likeness (QED) is 0.0261. The van der Waals surface area contributed by atoms with Crippen molar-refractivity contribution in [2.75, 3.05) is 13.2 Å². The van der Waals surface area contributed by atoms with Crippen molar-refractivity contribution in [1.29, 1.82) is 0 Å². The van der Waals surface area contributed by atoms with Crippen LogP contribution >= 0.6 is 0 Å². The average Bonchev–Trinajstić information content (AvgIpc) is 3.42. The molecule has 0 heterocycles. The van der Waals surface area contributed by atoms with E-state index in [2.05, 4.69) is 124 Å². The van der Waals surface area contributed by atoms with Gasteiger partial charge in [-0.2, -0.15) is 0 Å². The van der Waals surface area contributed by atoms with Gasteiger partial charge in [-0.15, -0.1) is 0 Å². The largest absolute Gasteiger partial charge is 0.462 e. The number of esters is 3. The monoisotopic (exact) mass is 1050 g/mol. The van der Waals surface area contributed by atoms with Gasteiger partial charge in [0.2, 0.25) is 0 Å². The number of allylic oxidation sites excluding steroid dienone is 18. The van der Waals surface area contributed by atoms with E-state index >= 15 is 0 Å². The maximum absolute atomic E-state index is 12.8. The summed E-state index contributed by atoms with van der Waals surface area (Å²) in [6.07, 6.45) is 87.2. The number of hydrogen-bond acceptors (Lipinski definition) is 6. The van der Waals surface area contributed by atoms with Crippen LogP contribution in [0.15, 0.2) is 109 Å². The lowest BCUT2D eigenvalue weighted by Gasteiger charge is -2.18. The Morgan fingerprint density at radius 3 is 0.855 bits per heavy atom. The fourth-order valence-electron chi connectivity index (χ4n) is 8.84. The van der Waals surface area contributed by atoms with Crippen LogP contribution in [0.2, 0.25) is 0 Å². The lowest BCUT2D eigenvalue weighted by Crippen LogP contribution is -2.30. The van der Waals surface area contributed by atoms with E-state index in [0.29, 0.717) is 19.3 Å². The number of carbonyl (C=O) groups excluding carboxylic acids is 3. The summed E-state index contributed by atoms with van der Waals surface area (Å²) in [5.41, 5.74) is 0. The van der Waals surface area contributed by atoms with Crippen molar-refractivity contribution >= 4 is 17.9 Å². The maximum Gasteiger partial charge on any atom is 0.306 e. The molecule has 6 heteroatoms. The second kappa shape index (κ2) is 63.6. The highest BCUT2D eigenvalue weighted by atomic mass is 16.6. The highest BCUT2D eigenvalue weighted by Gasteiger charge is 2.19. The molecule has 0 aromatic rings. The van der Waals surface area contributed by atoms with Gasteiger partial charge in [-0.25, -0.2) is 0 Å². The summed E-state index contributed by atoms with van der Waals surface area (Å²) in [4.78, 5) is 38.0. The summed E-state index contributed by atoms with van der Waals surface area (Å²) in [5, 5.41) is 0. The van der Waals surface area contributed by atoms with Crippen LogP contribution in [-0.4, -0.2) is 37.2 Å². The first-order valence-corrected chi connectivity index (χ1v) is 31.9. The molecular weight excluding hydrogens is 937 g/mol. The molecule has 434 valence electrons. The van der Waals surface area contributed by atoms with Crippen LogP contribution in [0.3, 0.4) is 0 Å². The second-order valence-electron chi connectivity index (χ2n) is 20.9. The van der Waals surface area contributed by atoms with Crippen LogP contribution < -0.4 is 0 Å². The molecule has 0 aliphatic carbocycles. The topological polar surface area (TPSA) is 78.9 Å². The molecule has 0 radical (unpaired) electrons. The van der Waals surface area contributed by atoms with Gasteiger partial charge in [-0.05, 0) is 89.9 Å². The molecule has 0 saturated heterocycles. The summed E-state index contributed by atoms with van der Waals surface area (Å²) in [6.45, 7) is 6.35. The standard InChI is InChI=1S/C70H118O6/c1-4-7-10-13-16-19-22-24-25-26-27-28-29-30-31-32-33-34-35-36-37-38-39-40-41-42-43-44-45-47-48-51-54-57-60-63-69(72)75-66-67(65-74-68(71)62-59-56-53-50-21-18-15-12-9-6-3)76-70(73)64-61-58-55-52-49-46-23-20-17-14-11-8-5-2/h7-8,10-11,16-17,19-20,24-25,27-28,30-31,46,49,55,58,67H,4-6,9,12-15,18,21-23,26,29,32-45,47-48,50-54,56-57,59-66H2,1-3H3/b10-7-,11-8-,19-16-,20-17-,25-24-,28-27-,31-30-,49-46-,58-55-. The zero-order valence-electron chi connectivity index (χ0n) is 49.7. The molecule has 0 spiro atoms. The highest BCUT2D eigenvalue weighted by Crippen LogP contribution is 2.17. The van der Waals surface area contributed by atoms with E-state index < -0.39 is 6.10 Å². The first-order valence-electron chi connectivity index (χ1n) is 31.9. The third-order valence-electron chi connectivity index (χ3n) is 13.5. The van der Waals surface area contributed by atoms with Gasteiger partial charge in [0.25, 0.3) is 0 Å². The Hall–Kier alpha value is -3.93. The Kier molecular flexibility index (Phi) is 60.3. The van der Waals surface area contributed by atoms with Crippen molar-refractivity contribution in [2.45, 2.75) is 303 Å². The van der Waals surface area contributed by atoms with Crippen molar-refractivity contribution in [1.82, 2.24) is 0 Å². The highest BCUT2D eigenvalue weighted by molar-refractivity contribution is 5.71. The van der Waals surface area contributed by atoms with E-state index in [1.807, 2.05) is 6.08 Å². The van der Waals surface area contributed by atoms with Crippen LogP contribution in [-0.2, 0) is 28.6 Å². The van der Waals surface area contributed by atoms with E-state index in [1.165, 1.54) is 154 Å². The van der Waals surface area contributed by atoms with Gasteiger partial charge in [0.15, 0.2) is 6.10 Å². The summed E-state index contributed by atoms with van der Waals surface area (Å²) in [7, 11) is 0. The zero-order valence-corrected chi connectivity index (χ0v) is 49.7. The number of carbonyl (C=O) groups is 3. The molecular formula is C70H118O6. The third-order valence-corrected chi connectivity index (χ3v) is 13.5. The van der Waals surface area contributed by atoms with Crippen LogP contribution in [0.1, 0.15) is 297 Å². The molecule has 0 aliphatic heterocycles. The number of unbranched alkanes of at least 4 members (excludes halogenated alkanes) is 28. The molecule has 1 atom stereocenters. The molecule has 0 saturated carbocycles. The summed E-state index contributed by atoms with van der Waals surface area (Å²) in [6, 6.07) is 0. The lowest BCUT2D eigenvalue weighted by atomic mass is 10.0. The summed E-state index contributed by atoms with van der Waals surface area (Å²) in [5.74, 6) is -0.979. The van der Waals surface area contributed by atoms with Gasteiger partial charge in [-0.1, -0.05) is 297 Å². The van der Waals surface area contributed by atoms with Crippen molar-refractivity contribution < 1.29 is 28.6 Å². The Bertz CT molecular complexity index is 1540. The van der Waals surface area contributed by atoms with E-state index in [0.717, 1.165) is 96.3 Å². The normalized spacial score (nSPS) is 12.8. The SMILES string of the molecule is CC/C=C\C/C=C\C/C=C\C/C=C\C/C=C\CCCCCCCCCCCCCCCCCCCCCC(=O)OCC(COC(=O)CCCCCCCCCCCC)OC(=O)CC/C=C\C/C=C\C/C=C\C/C=C\CC. The maximum atomic E-state index is 12.8. The Morgan fingerprint density at radius 2 is 0.539 bits per heavy atom. The van der Waals surface area contributed by atoms with Gasteiger partial charge in [0.05, 0.1) is 0 Å². The van der Waals surface area contributed by atoms with Gasteiger partial charge in [-0.3, -0.25) is 14.4 Å². The van der Waals surface area contributed by atoms with Crippen molar-refractivity contribution in [3.63, 3.8) is 0 Å². The van der Waals surface area contributed by atoms with Crippen LogP contribution in [0.25, 0.3) is 0 Å². The van der Waals surface area contributed by atoms with Gasteiger partial charge in [0, 0.05) is 19.3 Å². The Balaban J connectivity index is 4.06. The molecule has 0 bridgehead atoms. The minimum absolute atomic E-state index is 0.103. The molecule has 0 aromatic carbocycles. The zero-order chi connectivity index (χ0) is 55.0. The van der Waals surface area contributed by atoms with Gasteiger partial charge in [0.1, 0.15) is 13.2 Å². The molecule has 0 fully saturated rings. The van der Waals surface area contributed by atoms with E-state index in [4.69, 9.17) is 14.2 Å². The Morgan fingerprint density at radius 1 is 0.276 bits per heavy atom. The predicted octanol–water partition coefficient (Wildman–Crippen LogP) is 21.8. The van der Waals surface area contributed by atoms with E-state index in [1.54, 1.807) is 0 Å². The number of rotatable bonds is 57. The molecule has 0 rings (SSSR count). The molecule has 0 N–H and O–H groups in total. The minimum Gasteiger partial charge on any atom is -0.462 e. The minimum atomic E-state index is -0.812. The fourth-order valence-corrected chi connectivity index (χ4v) is 8.84. The van der Waals surface area contributed by atoms with Crippen LogP contribution in [0.5, 0.6) is 0 Å². The summed E-state index contributed by atoms with van der Waals surface area (Å²) < 4.78 is 16.8. The van der Waals surface area contributed by atoms with E-state index in [9.17, 15) is 14.4 Å². The second-order valence-corrected chi connectivity index (χ2v) is 20.9. The molecule has 0 aliphatic rings. The first-order chi connectivity index (χ1) is 37.5. The van der Waals surface area contributed by atoms with Crippen LogP contribution in [0, 0.1) is 0 Å². The predicted molar refractivity (Wildman–Crippen MR) is 330 cm³/mol. The average molecular weight is 1060 g/mol. The van der Waals surface area contributed by atoms with Gasteiger partial charge < -0.3 is 14.2 Å². The first kappa shape index (κ1) is 72.1. The van der Waals surface area contributed by atoms with Crippen molar-refractivity contribution in [3.05, 3.63) is 109 Å². The molecule has 76 heavy (non-hydrogen) atoms. The molecule has 1 unspecified atom stereocenters. The van der Waals surface area contributed by atoms with Crippen molar-refractivity contribution in [2.24, 2.45) is 0 Å². The third kappa shape index (κ3) is 60.9. The summed E-state index contributed by atoms with van der Waals surface area (Å²) >= 11 is 0. The molecule has 0 amide bonds. The Labute approximate surface area is 470 Å². The number of ether oxygens (including phenoxy) is 3. The fraction of sp³-hybridized carbons (Fsp3) is 0.700. The smallest absolute Gasteiger partial charge is 0.306 e. The van der Waals surface area contributed by atoms with Crippen molar-refractivity contribution in [3.8, 4) is 0 Å². The number of hydrogen-bond donors (Lipinski definition) is 0.